The number of amides is 1. The standard InChI is InChI=1S/C13H10ClN5O/c1-7-4-11(14)17-13(16-7)18-12(20)8-2-3-9-6-15-19-10(9)5-8/h2-6H,1H3,(H,15,19)(H,16,17,18,20). The zero-order valence-electron chi connectivity index (χ0n) is 10.5. The molecule has 0 unspecified atom stereocenters. The molecule has 0 spiro atoms. The van der Waals surface area contributed by atoms with Gasteiger partial charge in [-0.15, -0.1) is 0 Å². The van der Waals surface area contributed by atoms with Gasteiger partial charge in [-0.2, -0.15) is 5.10 Å². The SMILES string of the molecule is Cc1cc(Cl)nc(NC(=O)c2ccc3cn[nH]c3c2)n1. The van der Waals surface area contributed by atoms with Crippen molar-refractivity contribution in [2.24, 2.45) is 0 Å². The van der Waals surface area contributed by atoms with Crippen molar-refractivity contribution in [1.82, 2.24) is 20.2 Å². The van der Waals surface area contributed by atoms with Crippen LogP contribution < -0.4 is 5.32 Å². The molecule has 1 aromatic carbocycles. The summed E-state index contributed by atoms with van der Waals surface area (Å²) in [6.45, 7) is 1.78. The van der Waals surface area contributed by atoms with Crippen LogP contribution in [0.5, 0.6) is 0 Å². The number of benzene rings is 1. The average molecular weight is 288 g/mol. The van der Waals surface area contributed by atoms with Crippen LogP contribution >= 0.6 is 11.6 Å². The number of H-pyrrole nitrogens is 1. The normalized spacial score (nSPS) is 10.7. The lowest BCUT2D eigenvalue weighted by molar-refractivity contribution is 0.102. The molecule has 3 aromatic rings. The van der Waals surface area contributed by atoms with Crippen molar-refractivity contribution in [2.75, 3.05) is 5.32 Å². The Morgan fingerprint density at radius 3 is 2.95 bits per heavy atom. The number of aromatic amines is 1. The van der Waals surface area contributed by atoms with E-state index in [2.05, 4.69) is 25.5 Å². The van der Waals surface area contributed by atoms with Crippen molar-refractivity contribution in [3.05, 3.63) is 46.9 Å². The lowest BCUT2D eigenvalue weighted by Gasteiger charge is -2.05. The Morgan fingerprint density at radius 1 is 1.30 bits per heavy atom. The van der Waals surface area contributed by atoms with Crippen LogP contribution in [0.1, 0.15) is 16.1 Å². The first-order chi connectivity index (χ1) is 9.61. The van der Waals surface area contributed by atoms with Gasteiger partial charge in [0.15, 0.2) is 0 Å². The van der Waals surface area contributed by atoms with Crippen LogP contribution in [-0.4, -0.2) is 26.1 Å². The molecule has 0 aliphatic rings. The highest BCUT2D eigenvalue weighted by Gasteiger charge is 2.10. The van der Waals surface area contributed by atoms with Crippen LogP contribution in [0.2, 0.25) is 5.15 Å². The van der Waals surface area contributed by atoms with Gasteiger partial charge in [0.25, 0.3) is 5.91 Å². The maximum absolute atomic E-state index is 12.1. The minimum atomic E-state index is -0.303. The van der Waals surface area contributed by atoms with E-state index in [0.29, 0.717) is 11.3 Å². The Labute approximate surface area is 119 Å². The molecule has 2 N–H and O–H groups in total. The summed E-state index contributed by atoms with van der Waals surface area (Å²) in [4.78, 5) is 20.2. The smallest absolute Gasteiger partial charge is 0.258 e. The number of aryl methyl sites for hydroxylation is 1. The molecule has 1 amide bonds. The number of hydrogen-bond acceptors (Lipinski definition) is 4. The van der Waals surface area contributed by atoms with E-state index in [-0.39, 0.29) is 17.0 Å². The Morgan fingerprint density at radius 2 is 2.15 bits per heavy atom. The van der Waals surface area contributed by atoms with Crippen molar-refractivity contribution in [1.29, 1.82) is 0 Å². The second-order valence-electron chi connectivity index (χ2n) is 4.28. The number of fused-ring (bicyclic) bond motifs is 1. The van der Waals surface area contributed by atoms with Crippen molar-refractivity contribution in [3.8, 4) is 0 Å². The quantitative estimate of drug-likeness (QED) is 0.710. The molecule has 0 saturated heterocycles. The zero-order chi connectivity index (χ0) is 14.1. The minimum absolute atomic E-state index is 0.185. The molecule has 0 bridgehead atoms. The monoisotopic (exact) mass is 287 g/mol. The zero-order valence-corrected chi connectivity index (χ0v) is 11.3. The summed E-state index contributed by atoms with van der Waals surface area (Å²) >= 11 is 5.83. The molecule has 2 heterocycles. The third kappa shape index (κ3) is 2.46. The molecule has 100 valence electrons. The number of halogens is 1. The van der Waals surface area contributed by atoms with Gasteiger partial charge in [-0.05, 0) is 25.1 Å². The molecule has 20 heavy (non-hydrogen) atoms. The van der Waals surface area contributed by atoms with E-state index in [1.807, 2.05) is 6.07 Å². The molecule has 0 fully saturated rings. The fourth-order valence-electron chi connectivity index (χ4n) is 1.84. The van der Waals surface area contributed by atoms with Gasteiger partial charge in [0.05, 0.1) is 11.7 Å². The summed E-state index contributed by atoms with van der Waals surface area (Å²) < 4.78 is 0. The lowest BCUT2D eigenvalue weighted by Crippen LogP contribution is -2.14. The number of carbonyl (C=O) groups excluding carboxylic acids is 1. The molecule has 0 radical (unpaired) electrons. The van der Waals surface area contributed by atoms with E-state index in [1.165, 1.54) is 0 Å². The Kier molecular flexibility index (Phi) is 3.08. The van der Waals surface area contributed by atoms with Crippen LogP contribution in [0.15, 0.2) is 30.5 Å². The summed E-state index contributed by atoms with van der Waals surface area (Å²) in [7, 11) is 0. The van der Waals surface area contributed by atoms with Crippen molar-refractivity contribution < 1.29 is 4.79 Å². The predicted octanol–water partition coefficient (Wildman–Crippen LogP) is 2.57. The summed E-state index contributed by atoms with van der Waals surface area (Å²) in [6.07, 6.45) is 1.69. The number of nitrogens with zero attached hydrogens (tertiary/aromatic N) is 3. The second-order valence-corrected chi connectivity index (χ2v) is 4.67. The third-order valence-corrected chi connectivity index (χ3v) is 2.95. The molecule has 0 aliphatic carbocycles. The van der Waals surface area contributed by atoms with E-state index in [1.54, 1.807) is 31.3 Å². The second kappa shape index (κ2) is 4.90. The number of nitrogens with one attached hydrogen (secondary N) is 2. The van der Waals surface area contributed by atoms with Gasteiger partial charge < -0.3 is 0 Å². The van der Waals surface area contributed by atoms with Gasteiger partial charge in [0, 0.05) is 16.6 Å². The van der Waals surface area contributed by atoms with Gasteiger partial charge in [-0.3, -0.25) is 15.2 Å². The summed E-state index contributed by atoms with van der Waals surface area (Å²) in [5, 5.41) is 10.6. The Bertz CT molecular complexity index is 778. The maximum atomic E-state index is 12.1. The van der Waals surface area contributed by atoms with Crippen LogP contribution in [0.4, 0.5) is 5.95 Å². The van der Waals surface area contributed by atoms with Crippen LogP contribution in [0, 0.1) is 6.92 Å². The summed E-state index contributed by atoms with van der Waals surface area (Å²) in [5.74, 6) is -0.118. The van der Waals surface area contributed by atoms with Gasteiger partial charge in [-0.1, -0.05) is 17.7 Å². The van der Waals surface area contributed by atoms with E-state index in [4.69, 9.17) is 11.6 Å². The average Bonchev–Trinajstić information content (AvgIpc) is 2.84. The van der Waals surface area contributed by atoms with Gasteiger partial charge >= 0.3 is 0 Å². The Hall–Kier alpha value is -2.47. The molecular weight excluding hydrogens is 278 g/mol. The number of aromatic nitrogens is 4. The topological polar surface area (TPSA) is 83.6 Å². The molecule has 0 atom stereocenters. The lowest BCUT2D eigenvalue weighted by atomic mass is 10.1. The molecule has 3 rings (SSSR count). The van der Waals surface area contributed by atoms with Gasteiger partial charge in [-0.25, -0.2) is 9.97 Å². The third-order valence-electron chi connectivity index (χ3n) is 2.75. The molecule has 2 aromatic heterocycles. The van der Waals surface area contributed by atoms with E-state index in [9.17, 15) is 4.79 Å². The number of anilines is 1. The van der Waals surface area contributed by atoms with Crippen molar-refractivity contribution in [3.63, 3.8) is 0 Å². The van der Waals surface area contributed by atoms with Crippen LogP contribution in [-0.2, 0) is 0 Å². The van der Waals surface area contributed by atoms with E-state index >= 15 is 0 Å². The molecular formula is C13H10ClN5O. The first-order valence-electron chi connectivity index (χ1n) is 5.87. The maximum Gasteiger partial charge on any atom is 0.258 e. The number of carbonyl (C=O) groups is 1. The van der Waals surface area contributed by atoms with Crippen molar-refractivity contribution >= 4 is 34.4 Å². The van der Waals surface area contributed by atoms with Crippen LogP contribution in [0.25, 0.3) is 10.9 Å². The van der Waals surface area contributed by atoms with E-state index in [0.717, 1.165) is 10.9 Å². The van der Waals surface area contributed by atoms with E-state index < -0.39 is 0 Å². The van der Waals surface area contributed by atoms with Gasteiger partial charge in [0.1, 0.15) is 5.15 Å². The first kappa shape index (κ1) is 12.6. The predicted molar refractivity (Wildman–Crippen MR) is 75.8 cm³/mol. The number of hydrogen-bond donors (Lipinski definition) is 2. The highest BCUT2D eigenvalue weighted by atomic mass is 35.5. The highest BCUT2D eigenvalue weighted by Crippen LogP contribution is 2.15. The highest BCUT2D eigenvalue weighted by molar-refractivity contribution is 6.29. The fraction of sp³-hybridized carbons (Fsp3) is 0.0769. The first-order valence-corrected chi connectivity index (χ1v) is 6.25. The Balaban J connectivity index is 1.88. The molecule has 6 nitrogen and oxygen atoms in total. The van der Waals surface area contributed by atoms with Crippen molar-refractivity contribution in [2.45, 2.75) is 6.92 Å². The summed E-state index contributed by atoms with van der Waals surface area (Å²) in [5.41, 5.74) is 1.97. The fourth-order valence-corrected chi connectivity index (χ4v) is 2.08. The largest absolute Gasteiger partial charge is 0.290 e. The molecule has 7 heteroatoms. The van der Waals surface area contributed by atoms with Gasteiger partial charge in [0.2, 0.25) is 5.95 Å². The number of rotatable bonds is 2. The minimum Gasteiger partial charge on any atom is -0.290 e. The van der Waals surface area contributed by atoms with Crippen LogP contribution in [0.3, 0.4) is 0 Å². The molecule has 0 saturated carbocycles. The molecule has 0 aliphatic heterocycles. The summed E-state index contributed by atoms with van der Waals surface area (Å²) in [6, 6.07) is 6.87.